The van der Waals surface area contributed by atoms with E-state index in [4.69, 9.17) is 9.47 Å². The molecule has 0 aliphatic carbocycles. The zero-order chi connectivity index (χ0) is 17.4. The molecule has 128 valence electrons. The molecule has 6 heteroatoms. The number of benzene rings is 2. The number of hydrogen-bond donors (Lipinski definition) is 1. The number of rotatable bonds is 4. The van der Waals surface area contributed by atoms with Crippen molar-refractivity contribution in [2.45, 2.75) is 10.6 Å². The smallest absolute Gasteiger partial charge is 0.338 e. The maximum Gasteiger partial charge on any atom is 0.338 e. The summed E-state index contributed by atoms with van der Waals surface area (Å²) in [4.78, 5) is 13.0. The summed E-state index contributed by atoms with van der Waals surface area (Å²) in [5.41, 5.74) is 1.95. The fraction of sp³-hybridized carbons (Fsp3) is 0.211. The molecule has 1 aliphatic heterocycles. The summed E-state index contributed by atoms with van der Waals surface area (Å²) in [5.74, 6) is 0.919. The van der Waals surface area contributed by atoms with Crippen molar-refractivity contribution in [2.75, 3.05) is 13.2 Å². The minimum absolute atomic E-state index is 0.331. The molecule has 0 fully saturated rings. The average molecular weight is 355 g/mol. The van der Waals surface area contributed by atoms with Gasteiger partial charge in [0.25, 0.3) is 0 Å². The molecule has 0 saturated carbocycles. The molecule has 2 aromatic carbocycles. The van der Waals surface area contributed by atoms with Crippen molar-refractivity contribution in [2.24, 2.45) is 7.05 Å². The van der Waals surface area contributed by atoms with E-state index in [0.29, 0.717) is 41.4 Å². The molecule has 0 radical (unpaired) electrons. The molecule has 0 bridgehead atoms. The fourth-order valence-electron chi connectivity index (χ4n) is 3.10. The number of hydrogen-bond acceptors (Lipinski definition) is 4. The number of nitrogens with zero attached hydrogens (tertiary/aromatic N) is 1. The lowest BCUT2D eigenvalue weighted by atomic mass is 10.1. The lowest BCUT2D eigenvalue weighted by Crippen LogP contribution is -2.15. The highest BCUT2D eigenvalue weighted by atomic mass is 32.2. The van der Waals surface area contributed by atoms with Crippen LogP contribution in [0.15, 0.2) is 47.4 Å². The molecule has 0 unspecified atom stereocenters. The number of ether oxygens (including phenoxy) is 2. The number of aromatic carboxylic acids is 1. The highest BCUT2D eigenvalue weighted by Crippen LogP contribution is 2.39. The van der Waals surface area contributed by atoms with Crippen LogP contribution in [0, 0.1) is 0 Å². The van der Waals surface area contributed by atoms with Crippen LogP contribution in [-0.2, 0) is 12.8 Å². The molecule has 0 amide bonds. The summed E-state index contributed by atoms with van der Waals surface area (Å²) in [6.45, 7) is 0.982. The minimum atomic E-state index is -0.925. The van der Waals surface area contributed by atoms with Crippen LogP contribution in [0.3, 0.4) is 0 Å². The fourth-order valence-corrected chi connectivity index (χ4v) is 4.09. The monoisotopic (exact) mass is 355 g/mol. The summed E-state index contributed by atoms with van der Waals surface area (Å²) in [6.07, 6.45) is 0. The number of thioether (sulfide) groups is 1. The molecule has 0 saturated heterocycles. The van der Waals surface area contributed by atoms with Gasteiger partial charge in [-0.15, -0.1) is 11.8 Å². The SMILES string of the molecule is Cn1c(CSc2ccccc2)c(C(=O)O)c2cc3c(cc21)OCCO3. The predicted octanol–water partition coefficient (Wildman–Crippen LogP) is 3.94. The Bertz CT molecular complexity index is 949. The Morgan fingerprint density at radius 3 is 2.52 bits per heavy atom. The third-order valence-electron chi connectivity index (χ3n) is 4.32. The summed E-state index contributed by atoms with van der Waals surface area (Å²) in [6, 6.07) is 13.6. The molecular weight excluding hydrogens is 338 g/mol. The van der Waals surface area contributed by atoms with Crippen LogP contribution >= 0.6 is 11.8 Å². The molecular formula is C19H17NO4S. The summed E-state index contributed by atoms with van der Waals surface area (Å²) >= 11 is 1.62. The molecule has 2 heterocycles. The maximum atomic E-state index is 11.9. The Kier molecular flexibility index (Phi) is 4.05. The topological polar surface area (TPSA) is 60.7 Å². The molecule has 1 N–H and O–H groups in total. The first-order chi connectivity index (χ1) is 12.1. The van der Waals surface area contributed by atoms with Gasteiger partial charge in [-0.3, -0.25) is 0 Å². The molecule has 5 nitrogen and oxygen atoms in total. The van der Waals surface area contributed by atoms with Gasteiger partial charge in [0.05, 0.1) is 11.1 Å². The van der Waals surface area contributed by atoms with Crippen LogP contribution in [0.4, 0.5) is 0 Å². The highest BCUT2D eigenvalue weighted by Gasteiger charge is 2.24. The van der Waals surface area contributed by atoms with Gasteiger partial charge in [0.2, 0.25) is 0 Å². The van der Waals surface area contributed by atoms with Crippen LogP contribution in [0.1, 0.15) is 16.1 Å². The van der Waals surface area contributed by atoms with Gasteiger partial charge in [-0.1, -0.05) is 18.2 Å². The number of carboxylic acid groups (broad SMARTS) is 1. The van der Waals surface area contributed by atoms with E-state index in [1.165, 1.54) is 0 Å². The van der Waals surface area contributed by atoms with Gasteiger partial charge in [0.15, 0.2) is 11.5 Å². The van der Waals surface area contributed by atoms with Gasteiger partial charge < -0.3 is 19.1 Å². The second kappa shape index (κ2) is 6.37. The predicted molar refractivity (Wildman–Crippen MR) is 96.9 cm³/mol. The quantitative estimate of drug-likeness (QED) is 0.718. The zero-order valence-electron chi connectivity index (χ0n) is 13.7. The van der Waals surface area contributed by atoms with Gasteiger partial charge in [-0.2, -0.15) is 0 Å². The normalized spacial score (nSPS) is 13.2. The van der Waals surface area contributed by atoms with Crippen LogP contribution in [0.5, 0.6) is 11.5 Å². The number of aryl methyl sites for hydroxylation is 1. The number of carboxylic acids is 1. The molecule has 3 aromatic rings. The Labute approximate surface area is 149 Å². The largest absolute Gasteiger partial charge is 0.486 e. The van der Waals surface area contributed by atoms with E-state index in [0.717, 1.165) is 16.1 Å². The standard InChI is InChI=1S/C19H17NO4S/c1-20-14-10-17-16(23-7-8-24-17)9-13(14)18(19(21)22)15(20)11-25-12-5-3-2-4-6-12/h2-6,9-10H,7-8,11H2,1H3,(H,21,22). The molecule has 1 aliphatic rings. The first-order valence-electron chi connectivity index (χ1n) is 7.97. The third kappa shape index (κ3) is 2.82. The van der Waals surface area contributed by atoms with Gasteiger partial charge in [-0.25, -0.2) is 4.79 Å². The highest BCUT2D eigenvalue weighted by molar-refractivity contribution is 7.98. The van der Waals surface area contributed by atoms with E-state index in [2.05, 4.69) is 0 Å². The van der Waals surface area contributed by atoms with E-state index >= 15 is 0 Å². The van der Waals surface area contributed by atoms with Crippen molar-refractivity contribution < 1.29 is 19.4 Å². The molecule has 0 atom stereocenters. The van der Waals surface area contributed by atoms with Crippen LogP contribution < -0.4 is 9.47 Å². The van der Waals surface area contributed by atoms with Crippen molar-refractivity contribution >= 4 is 28.6 Å². The van der Waals surface area contributed by atoms with E-state index in [1.807, 2.05) is 48.0 Å². The second-order valence-corrected chi connectivity index (χ2v) is 6.85. The van der Waals surface area contributed by atoms with Gasteiger partial charge in [0.1, 0.15) is 13.2 Å². The van der Waals surface area contributed by atoms with Crippen molar-refractivity contribution in [1.82, 2.24) is 4.57 Å². The summed E-state index contributed by atoms with van der Waals surface area (Å²) in [7, 11) is 1.89. The molecule has 4 rings (SSSR count). The van der Waals surface area contributed by atoms with Crippen LogP contribution in [0.25, 0.3) is 10.9 Å². The molecule has 0 spiro atoms. The summed E-state index contributed by atoms with van der Waals surface area (Å²) in [5, 5.41) is 10.5. The molecule has 25 heavy (non-hydrogen) atoms. The van der Waals surface area contributed by atoms with Crippen molar-refractivity contribution in [3.8, 4) is 11.5 Å². The maximum absolute atomic E-state index is 11.9. The first-order valence-corrected chi connectivity index (χ1v) is 8.96. The first kappa shape index (κ1) is 15.9. The van der Waals surface area contributed by atoms with Gasteiger partial charge in [-0.05, 0) is 18.2 Å². The van der Waals surface area contributed by atoms with Crippen LogP contribution in [0.2, 0.25) is 0 Å². The Morgan fingerprint density at radius 2 is 1.84 bits per heavy atom. The van der Waals surface area contributed by atoms with E-state index < -0.39 is 5.97 Å². The van der Waals surface area contributed by atoms with Crippen molar-refractivity contribution in [3.05, 3.63) is 53.7 Å². The molecule has 1 aromatic heterocycles. The Morgan fingerprint density at radius 1 is 1.16 bits per heavy atom. The summed E-state index contributed by atoms with van der Waals surface area (Å²) < 4.78 is 13.2. The van der Waals surface area contributed by atoms with Crippen molar-refractivity contribution in [1.29, 1.82) is 0 Å². The van der Waals surface area contributed by atoms with Gasteiger partial charge >= 0.3 is 5.97 Å². The van der Waals surface area contributed by atoms with Crippen LogP contribution in [-0.4, -0.2) is 28.9 Å². The average Bonchev–Trinajstić information content (AvgIpc) is 2.90. The lowest BCUT2D eigenvalue weighted by Gasteiger charge is -2.18. The van der Waals surface area contributed by atoms with E-state index in [1.54, 1.807) is 17.8 Å². The van der Waals surface area contributed by atoms with E-state index in [-0.39, 0.29) is 0 Å². The number of fused-ring (bicyclic) bond motifs is 2. The second-order valence-electron chi connectivity index (χ2n) is 5.80. The zero-order valence-corrected chi connectivity index (χ0v) is 14.5. The minimum Gasteiger partial charge on any atom is -0.486 e. The third-order valence-corrected chi connectivity index (χ3v) is 5.34. The lowest BCUT2D eigenvalue weighted by molar-refractivity contribution is 0.0698. The Hall–Kier alpha value is -2.60. The number of aromatic nitrogens is 1. The number of carbonyl (C=O) groups is 1. The Balaban J connectivity index is 1.81. The van der Waals surface area contributed by atoms with E-state index in [9.17, 15) is 9.90 Å². The van der Waals surface area contributed by atoms with Gasteiger partial charge in [0, 0.05) is 34.8 Å². The van der Waals surface area contributed by atoms with Crippen molar-refractivity contribution in [3.63, 3.8) is 0 Å².